The number of benzene rings is 1. The van der Waals surface area contributed by atoms with Crippen LogP contribution >= 0.6 is 6.72 Å². The van der Waals surface area contributed by atoms with Crippen molar-refractivity contribution in [3.8, 4) is 6.07 Å². The van der Waals surface area contributed by atoms with Gasteiger partial charge in [0, 0.05) is 17.4 Å². The van der Waals surface area contributed by atoms with Gasteiger partial charge in [-0.15, -0.1) is 0 Å². The maximum Gasteiger partial charge on any atom is 0.402 e. The molecule has 0 fully saturated rings. The van der Waals surface area contributed by atoms with E-state index < -0.39 is 42.6 Å². The predicted molar refractivity (Wildman–Crippen MR) is 77.2 cm³/mol. The number of nitriles is 1. The van der Waals surface area contributed by atoms with E-state index in [-0.39, 0.29) is 18.8 Å². The minimum absolute atomic E-state index is 0.198. The van der Waals surface area contributed by atoms with Crippen LogP contribution in [0.3, 0.4) is 0 Å². The molecule has 7 heteroatoms. The second-order valence-electron chi connectivity index (χ2n) is 2.92. The second-order valence-corrected chi connectivity index (χ2v) is 5.83. The van der Waals surface area contributed by atoms with Crippen molar-refractivity contribution >= 4 is 24.2 Å². The lowest BCUT2D eigenvalue weighted by Crippen LogP contribution is -2.01. The Morgan fingerprint density at radius 2 is 1.95 bits per heavy atom. The van der Waals surface area contributed by atoms with Crippen molar-refractivity contribution in [1.82, 2.24) is 0 Å². The lowest BCUT2D eigenvalue weighted by atomic mass is 10.1. The summed E-state index contributed by atoms with van der Waals surface area (Å²) in [6, 6.07) is -1.21. The van der Waals surface area contributed by atoms with Crippen molar-refractivity contribution in [3.05, 3.63) is 35.8 Å². The van der Waals surface area contributed by atoms with Crippen LogP contribution in [0.2, 0.25) is 0 Å². The van der Waals surface area contributed by atoms with Crippen LogP contribution in [-0.4, -0.2) is 18.9 Å². The van der Waals surface area contributed by atoms with Gasteiger partial charge in [-0.3, -0.25) is 9.05 Å². The molecular weight excluding hydrogens is 283 g/mol. The van der Waals surface area contributed by atoms with E-state index in [9.17, 15) is 5.26 Å². The Hall–Kier alpha value is -1.25. The van der Waals surface area contributed by atoms with Crippen LogP contribution < -0.4 is 0 Å². The molecule has 0 amide bonds. The summed E-state index contributed by atoms with van der Waals surface area (Å²) in [6.07, 6.45) is 0. The first-order valence-electron chi connectivity index (χ1n) is 7.85. The molecule has 0 N–H and O–H groups in total. The molecule has 0 heterocycles. The maximum atomic E-state index is 9.24. The lowest BCUT2D eigenvalue weighted by molar-refractivity contribution is 0.172. The molecule has 0 aliphatic carbocycles. The van der Waals surface area contributed by atoms with Crippen molar-refractivity contribution < 1.29 is 20.5 Å². The molecule has 0 radical (unpaired) electrons. The first-order valence-corrected chi connectivity index (χ1v) is 7.91. The number of hydrogen-bond acceptors (Lipinski definition) is 6. The van der Waals surface area contributed by atoms with Crippen molar-refractivity contribution in [2.45, 2.75) is 13.8 Å². The van der Waals surface area contributed by atoms with Crippen LogP contribution in [0.5, 0.6) is 0 Å². The summed E-state index contributed by atoms with van der Waals surface area (Å²) in [6.45, 7) is 0.516. The van der Waals surface area contributed by atoms with Gasteiger partial charge < -0.3 is 4.62 Å². The topological polar surface area (TPSA) is 63.8 Å². The summed E-state index contributed by atoms with van der Waals surface area (Å²) in [4.78, 5) is 0. The van der Waals surface area contributed by atoms with E-state index in [1.165, 1.54) is 0 Å². The number of nitrogens with zero attached hydrogens (tertiary/aromatic N) is 2. The molecule has 5 nitrogen and oxygen atoms in total. The third-order valence-corrected chi connectivity index (χ3v) is 3.91. The van der Waals surface area contributed by atoms with Gasteiger partial charge in [0.25, 0.3) is 0 Å². The van der Waals surface area contributed by atoms with E-state index in [2.05, 4.69) is 5.16 Å². The molecule has 0 atom stereocenters. The smallest absolute Gasteiger partial charge is 0.312 e. The van der Waals surface area contributed by atoms with Crippen LogP contribution in [-0.2, 0) is 25.5 Å². The summed E-state index contributed by atoms with van der Waals surface area (Å²) >= 11 is 5.08. The van der Waals surface area contributed by atoms with E-state index >= 15 is 0 Å². The van der Waals surface area contributed by atoms with Crippen LogP contribution in [0.15, 0.2) is 35.4 Å². The van der Waals surface area contributed by atoms with Crippen LogP contribution in [0.1, 0.15) is 26.3 Å². The van der Waals surface area contributed by atoms with E-state index in [1.54, 1.807) is 19.9 Å². The molecule has 1 rings (SSSR count). The summed E-state index contributed by atoms with van der Waals surface area (Å²) in [5, 5.41) is 12.8. The predicted octanol–water partition coefficient (Wildman–Crippen LogP) is 3.23. The molecule has 0 aliphatic heterocycles. The number of rotatable bonds is 7. The van der Waals surface area contributed by atoms with E-state index in [1.807, 2.05) is 0 Å². The van der Waals surface area contributed by atoms with Gasteiger partial charge in [-0.05, 0) is 13.8 Å². The van der Waals surface area contributed by atoms with Gasteiger partial charge in [0.05, 0.1) is 20.1 Å². The van der Waals surface area contributed by atoms with Crippen LogP contribution in [0, 0.1) is 11.3 Å². The normalized spacial score (nSPS) is 15.6. The SMILES string of the molecule is [2H]c1c([2H])c([2H])c(C(C#N)=NOP(=S)(OCC)OCC)c([2H])c1[2H]. The van der Waals surface area contributed by atoms with Gasteiger partial charge in [-0.25, -0.2) is 0 Å². The first kappa shape index (κ1) is 9.62. The summed E-state index contributed by atoms with van der Waals surface area (Å²) in [7, 11) is 0. The Balaban J connectivity index is 3.38. The molecule has 0 bridgehead atoms. The molecular formula is C12H15N2O3PS. The number of oxime groups is 1. The zero-order chi connectivity index (χ0) is 18.5. The Kier molecular flexibility index (Phi) is 4.07. The highest BCUT2D eigenvalue weighted by atomic mass is 32.5. The molecule has 0 unspecified atom stereocenters. The minimum atomic E-state index is -3.23. The van der Waals surface area contributed by atoms with Gasteiger partial charge in [0.15, 0.2) is 5.71 Å². The monoisotopic (exact) mass is 303 g/mol. The highest BCUT2D eigenvalue weighted by Gasteiger charge is 2.21. The zero-order valence-electron chi connectivity index (χ0n) is 15.4. The Morgan fingerprint density at radius 3 is 2.42 bits per heavy atom. The summed E-state index contributed by atoms with van der Waals surface area (Å²) in [5.41, 5.74) is -0.890. The molecule has 0 aromatic heterocycles. The molecule has 1 aromatic rings. The van der Waals surface area contributed by atoms with Crippen molar-refractivity contribution in [1.29, 1.82) is 5.26 Å². The average molecular weight is 303 g/mol. The molecule has 0 aliphatic rings. The molecule has 102 valence electrons. The highest BCUT2D eigenvalue weighted by Crippen LogP contribution is 2.50. The third kappa shape index (κ3) is 5.09. The maximum absolute atomic E-state index is 9.24. The highest BCUT2D eigenvalue weighted by molar-refractivity contribution is 8.07. The summed E-state index contributed by atoms with van der Waals surface area (Å²) in [5.74, 6) is 0. The van der Waals surface area contributed by atoms with E-state index in [4.69, 9.17) is 32.3 Å². The molecule has 0 spiro atoms. The lowest BCUT2D eigenvalue weighted by Gasteiger charge is -2.17. The molecule has 0 saturated heterocycles. The first-order chi connectivity index (χ1) is 11.2. The molecule has 1 aromatic carbocycles. The summed E-state index contributed by atoms with van der Waals surface area (Å²) < 4.78 is 53.9. The van der Waals surface area contributed by atoms with Gasteiger partial charge in [0.2, 0.25) is 0 Å². The van der Waals surface area contributed by atoms with E-state index in [0.717, 1.165) is 0 Å². The quantitative estimate of drug-likeness (QED) is 0.439. The van der Waals surface area contributed by atoms with Crippen molar-refractivity contribution in [2.75, 3.05) is 13.2 Å². The Bertz CT molecular complexity index is 714. The zero-order valence-corrected chi connectivity index (χ0v) is 12.1. The Labute approximate surface area is 125 Å². The average Bonchev–Trinajstić information content (AvgIpc) is 2.54. The largest absolute Gasteiger partial charge is 0.402 e. The van der Waals surface area contributed by atoms with Gasteiger partial charge >= 0.3 is 6.72 Å². The fourth-order valence-corrected chi connectivity index (χ4v) is 2.70. The van der Waals surface area contributed by atoms with Crippen LogP contribution in [0.25, 0.3) is 0 Å². The Morgan fingerprint density at radius 1 is 1.37 bits per heavy atom. The van der Waals surface area contributed by atoms with Gasteiger partial charge in [-0.1, -0.05) is 35.4 Å². The fourth-order valence-electron chi connectivity index (χ4n) is 0.982. The molecule has 19 heavy (non-hydrogen) atoms. The number of hydrogen-bond donors (Lipinski definition) is 0. The molecule has 0 saturated carbocycles. The third-order valence-electron chi connectivity index (χ3n) is 1.65. The fraction of sp³-hybridized carbons (Fsp3) is 0.333. The van der Waals surface area contributed by atoms with Gasteiger partial charge in [-0.2, -0.15) is 5.26 Å². The van der Waals surface area contributed by atoms with Crippen LogP contribution in [0.4, 0.5) is 0 Å². The van der Waals surface area contributed by atoms with E-state index in [0.29, 0.717) is 0 Å². The van der Waals surface area contributed by atoms with Gasteiger partial charge in [0.1, 0.15) is 6.07 Å². The van der Waals surface area contributed by atoms with Crippen molar-refractivity contribution in [2.24, 2.45) is 5.16 Å². The van der Waals surface area contributed by atoms with Crippen molar-refractivity contribution in [3.63, 3.8) is 0 Å². The second kappa shape index (κ2) is 8.03. The minimum Gasteiger partial charge on any atom is -0.312 e. The standard InChI is InChI=1S/C12H15N2O3PS/c1-3-15-18(19,16-4-2)17-14-12(10-13)11-8-6-5-7-9-11/h5-9H,3-4H2,1-2H3/i5D,6D,7D,8D,9D.